The van der Waals surface area contributed by atoms with Crippen LogP contribution in [0.3, 0.4) is 0 Å². The Morgan fingerprint density at radius 3 is 3.00 bits per heavy atom. The number of hydrogen-bond donors (Lipinski definition) is 1. The Labute approximate surface area is 167 Å². The van der Waals surface area contributed by atoms with Gasteiger partial charge in [-0.2, -0.15) is 0 Å². The van der Waals surface area contributed by atoms with Crippen LogP contribution in [0.5, 0.6) is 0 Å². The Bertz CT molecular complexity index is 860. The quantitative estimate of drug-likeness (QED) is 0.371. The molecule has 27 heavy (non-hydrogen) atoms. The molecule has 0 bridgehead atoms. The molecule has 148 valence electrons. The third-order valence-electron chi connectivity index (χ3n) is 4.74. The fraction of sp³-hybridized carbons (Fsp3) is 0.632. The average Bonchev–Trinajstić information content (AvgIpc) is 3.23. The second-order valence-corrected chi connectivity index (χ2v) is 8.75. The number of ether oxygens (including phenoxy) is 1. The second kappa shape index (κ2) is 9.71. The van der Waals surface area contributed by atoms with Gasteiger partial charge in [0.1, 0.15) is 4.83 Å². The molecule has 2 heterocycles. The van der Waals surface area contributed by atoms with Crippen LogP contribution in [-0.4, -0.2) is 41.5 Å². The Morgan fingerprint density at radius 2 is 2.22 bits per heavy atom. The topological polar surface area (TPSA) is 73.2 Å². The SMILES string of the molecule is CCCCCn1c(SCC(=O)NCCOC)nc2sc3c(c2c1=O)CCC3. The summed E-state index contributed by atoms with van der Waals surface area (Å²) in [5, 5.41) is 4.29. The van der Waals surface area contributed by atoms with E-state index in [0.717, 1.165) is 48.7 Å². The molecule has 1 aliphatic rings. The predicted molar refractivity (Wildman–Crippen MR) is 111 cm³/mol. The number of carbonyl (C=O) groups excluding carboxylic acids is 1. The molecule has 1 amide bonds. The Kier molecular flexibility index (Phi) is 7.32. The minimum Gasteiger partial charge on any atom is -0.383 e. The molecule has 0 saturated heterocycles. The lowest BCUT2D eigenvalue weighted by molar-refractivity contribution is -0.118. The van der Waals surface area contributed by atoms with Gasteiger partial charge in [-0.3, -0.25) is 14.2 Å². The Morgan fingerprint density at radius 1 is 1.37 bits per heavy atom. The number of rotatable bonds is 10. The van der Waals surface area contributed by atoms with Gasteiger partial charge in [0.15, 0.2) is 5.16 Å². The summed E-state index contributed by atoms with van der Waals surface area (Å²) in [6, 6.07) is 0. The third kappa shape index (κ3) is 4.73. The summed E-state index contributed by atoms with van der Waals surface area (Å²) in [5.74, 6) is 0.181. The van der Waals surface area contributed by atoms with Gasteiger partial charge in [0.2, 0.25) is 5.91 Å². The molecule has 1 aliphatic carbocycles. The number of carbonyl (C=O) groups is 1. The maximum Gasteiger partial charge on any atom is 0.263 e. The number of aromatic nitrogens is 2. The molecule has 2 aromatic heterocycles. The molecule has 6 nitrogen and oxygen atoms in total. The van der Waals surface area contributed by atoms with Crippen LogP contribution in [0.25, 0.3) is 10.2 Å². The van der Waals surface area contributed by atoms with Gasteiger partial charge in [-0.25, -0.2) is 4.98 Å². The summed E-state index contributed by atoms with van der Waals surface area (Å²) >= 11 is 2.99. The molecule has 0 atom stereocenters. The largest absolute Gasteiger partial charge is 0.383 e. The van der Waals surface area contributed by atoms with Crippen LogP contribution in [0.1, 0.15) is 43.0 Å². The van der Waals surface area contributed by atoms with E-state index in [2.05, 4.69) is 12.2 Å². The van der Waals surface area contributed by atoms with Crippen LogP contribution in [-0.2, 0) is 28.9 Å². The van der Waals surface area contributed by atoms with Crippen LogP contribution < -0.4 is 10.9 Å². The number of fused-ring (bicyclic) bond motifs is 3. The van der Waals surface area contributed by atoms with Crippen LogP contribution in [0.2, 0.25) is 0 Å². The molecule has 0 fully saturated rings. The van der Waals surface area contributed by atoms with Gasteiger partial charge in [0.25, 0.3) is 5.56 Å². The number of aryl methyl sites for hydroxylation is 2. The number of amides is 1. The summed E-state index contributed by atoms with van der Waals surface area (Å²) in [5.41, 5.74) is 1.28. The van der Waals surface area contributed by atoms with Gasteiger partial charge in [-0.15, -0.1) is 11.3 Å². The van der Waals surface area contributed by atoms with Crippen LogP contribution >= 0.6 is 23.1 Å². The van der Waals surface area contributed by atoms with Gasteiger partial charge in [0, 0.05) is 25.1 Å². The molecule has 0 saturated carbocycles. The zero-order chi connectivity index (χ0) is 19.2. The minimum absolute atomic E-state index is 0.0674. The van der Waals surface area contributed by atoms with Crippen molar-refractivity contribution in [3.8, 4) is 0 Å². The summed E-state index contributed by atoms with van der Waals surface area (Å²) in [7, 11) is 1.60. The van der Waals surface area contributed by atoms with E-state index in [1.807, 2.05) is 0 Å². The van der Waals surface area contributed by atoms with Gasteiger partial charge in [-0.1, -0.05) is 31.5 Å². The predicted octanol–water partition coefficient (Wildman–Crippen LogP) is 2.99. The van der Waals surface area contributed by atoms with Crippen molar-refractivity contribution in [3.05, 3.63) is 20.8 Å². The molecule has 0 unspecified atom stereocenters. The second-order valence-electron chi connectivity index (χ2n) is 6.73. The van der Waals surface area contributed by atoms with Crippen molar-refractivity contribution < 1.29 is 9.53 Å². The number of methoxy groups -OCH3 is 1. The average molecular weight is 410 g/mol. The van der Waals surface area contributed by atoms with E-state index in [1.54, 1.807) is 23.0 Å². The molecule has 0 radical (unpaired) electrons. The van der Waals surface area contributed by atoms with E-state index in [9.17, 15) is 9.59 Å². The molecule has 0 aliphatic heterocycles. The highest BCUT2D eigenvalue weighted by molar-refractivity contribution is 7.99. The van der Waals surface area contributed by atoms with E-state index >= 15 is 0 Å². The first-order valence-corrected chi connectivity index (χ1v) is 11.4. The molecular formula is C19H27N3O3S2. The molecule has 2 aromatic rings. The fourth-order valence-electron chi connectivity index (χ4n) is 3.36. The Hall–Kier alpha value is -1.38. The smallest absolute Gasteiger partial charge is 0.263 e. The van der Waals surface area contributed by atoms with Crippen molar-refractivity contribution in [2.45, 2.75) is 57.1 Å². The van der Waals surface area contributed by atoms with E-state index in [4.69, 9.17) is 9.72 Å². The Balaban J connectivity index is 1.84. The zero-order valence-electron chi connectivity index (χ0n) is 16.0. The maximum atomic E-state index is 13.2. The number of hydrogen-bond acceptors (Lipinski definition) is 6. The first-order valence-electron chi connectivity index (χ1n) is 9.59. The lowest BCUT2D eigenvalue weighted by atomic mass is 10.2. The molecule has 3 rings (SSSR count). The van der Waals surface area contributed by atoms with E-state index in [0.29, 0.717) is 24.9 Å². The van der Waals surface area contributed by atoms with Crippen molar-refractivity contribution in [2.24, 2.45) is 0 Å². The maximum absolute atomic E-state index is 13.2. The van der Waals surface area contributed by atoms with Crippen molar-refractivity contribution in [3.63, 3.8) is 0 Å². The minimum atomic E-state index is -0.0693. The molecule has 0 spiro atoms. The molecule has 8 heteroatoms. The summed E-state index contributed by atoms with van der Waals surface area (Å²) in [6.45, 7) is 3.79. The highest BCUT2D eigenvalue weighted by atomic mass is 32.2. The van der Waals surface area contributed by atoms with Crippen LogP contribution in [0.15, 0.2) is 9.95 Å². The third-order valence-corrected chi connectivity index (χ3v) is 6.90. The summed E-state index contributed by atoms with van der Waals surface area (Å²) in [6.07, 6.45) is 6.29. The van der Waals surface area contributed by atoms with E-state index < -0.39 is 0 Å². The first-order chi connectivity index (χ1) is 13.2. The number of thioether (sulfide) groups is 1. The van der Waals surface area contributed by atoms with Crippen molar-refractivity contribution in [1.82, 2.24) is 14.9 Å². The first kappa shape index (κ1) is 20.4. The van der Waals surface area contributed by atoms with Crippen LogP contribution in [0.4, 0.5) is 0 Å². The lowest BCUT2D eigenvalue weighted by Gasteiger charge is -2.12. The standard InChI is InChI=1S/C19H27N3O3S2/c1-3-4-5-10-22-18(24)16-13-7-6-8-14(13)27-17(16)21-19(22)26-12-15(23)20-9-11-25-2/h3-12H2,1-2H3,(H,20,23). The van der Waals surface area contributed by atoms with Gasteiger partial charge >= 0.3 is 0 Å². The van der Waals surface area contributed by atoms with Crippen LogP contribution in [0, 0.1) is 0 Å². The normalized spacial score (nSPS) is 13.3. The fourth-order valence-corrected chi connectivity index (χ4v) is 5.52. The molecule has 1 N–H and O–H groups in total. The van der Waals surface area contributed by atoms with Gasteiger partial charge in [0.05, 0.1) is 17.7 Å². The summed E-state index contributed by atoms with van der Waals surface area (Å²) in [4.78, 5) is 32.2. The van der Waals surface area contributed by atoms with Crippen molar-refractivity contribution in [2.75, 3.05) is 26.0 Å². The summed E-state index contributed by atoms with van der Waals surface area (Å²) < 4.78 is 6.73. The molecule has 0 aromatic carbocycles. The van der Waals surface area contributed by atoms with E-state index in [1.165, 1.54) is 22.2 Å². The van der Waals surface area contributed by atoms with Crippen molar-refractivity contribution in [1.29, 1.82) is 0 Å². The van der Waals surface area contributed by atoms with Gasteiger partial charge < -0.3 is 10.1 Å². The number of nitrogens with zero attached hydrogens (tertiary/aromatic N) is 2. The van der Waals surface area contributed by atoms with Gasteiger partial charge in [-0.05, 0) is 31.2 Å². The number of nitrogens with one attached hydrogen (secondary N) is 1. The van der Waals surface area contributed by atoms with Crippen molar-refractivity contribution >= 4 is 39.2 Å². The highest BCUT2D eigenvalue weighted by Gasteiger charge is 2.23. The number of unbranched alkanes of at least 4 members (excludes halogenated alkanes) is 2. The lowest BCUT2D eigenvalue weighted by Crippen LogP contribution is -2.29. The zero-order valence-corrected chi connectivity index (χ0v) is 17.6. The number of thiophene rings is 1. The molecular weight excluding hydrogens is 382 g/mol. The highest BCUT2D eigenvalue weighted by Crippen LogP contribution is 2.35. The van der Waals surface area contributed by atoms with E-state index in [-0.39, 0.29) is 17.2 Å². The monoisotopic (exact) mass is 409 g/mol.